The molecule has 0 N–H and O–H groups in total. The van der Waals surface area contributed by atoms with Crippen molar-refractivity contribution in [3.8, 4) is 0 Å². The third-order valence-corrected chi connectivity index (χ3v) is 2.33. The summed E-state index contributed by atoms with van der Waals surface area (Å²) in [6.07, 6.45) is -2.76. The second-order valence-corrected chi connectivity index (χ2v) is 3.43. The van der Waals surface area contributed by atoms with Crippen molar-refractivity contribution < 1.29 is 18.0 Å². The van der Waals surface area contributed by atoms with E-state index in [0.717, 1.165) is 22.8 Å². The summed E-state index contributed by atoms with van der Waals surface area (Å²) < 4.78 is 39.1. The molecule has 0 saturated carbocycles. The highest BCUT2D eigenvalue weighted by Gasteiger charge is 2.19. The van der Waals surface area contributed by atoms with Crippen molar-refractivity contribution in [3.63, 3.8) is 0 Å². The van der Waals surface area contributed by atoms with Crippen molar-refractivity contribution in [1.29, 1.82) is 0 Å². The van der Waals surface area contributed by atoms with Gasteiger partial charge in [-0.25, -0.2) is 13.2 Å². The Labute approximate surface area is 89.3 Å². The summed E-state index contributed by atoms with van der Waals surface area (Å²) in [5, 5.41) is 0.297. The van der Waals surface area contributed by atoms with Gasteiger partial charge >= 0.3 is 0 Å². The first-order chi connectivity index (χ1) is 7.50. The zero-order valence-electron chi connectivity index (χ0n) is 8.38. The highest BCUT2D eigenvalue weighted by atomic mass is 19.3. The highest BCUT2D eigenvalue weighted by molar-refractivity contribution is 5.92. The monoisotopic (exact) mass is 227 g/mol. The van der Waals surface area contributed by atoms with Crippen LogP contribution in [-0.4, -0.2) is 10.5 Å². The number of hydrogen-bond acceptors (Lipinski definition) is 1. The lowest BCUT2D eigenvalue weighted by Crippen LogP contribution is -2.09. The van der Waals surface area contributed by atoms with E-state index in [9.17, 15) is 18.0 Å². The molecule has 1 aromatic heterocycles. The second-order valence-electron chi connectivity index (χ2n) is 3.43. The summed E-state index contributed by atoms with van der Waals surface area (Å²) in [6, 6.07) is 4.71. The molecule has 2 rings (SSSR count). The molecule has 0 radical (unpaired) electrons. The number of halogens is 3. The molecule has 0 spiro atoms. The maximum atomic E-state index is 12.9. The summed E-state index contributed by atoms with van der Waals surface area (Å²) in [5.41, 5.74) is -0.114. The standard InChI is InChI=1S/C11H8F3NO/c1-6(16)15-9-3-2-8(12)4-7(9)5-10(15)11(13)14/h2-5,11H,1H3. The Balaban J connectivity index is 2.81. The zero-order valence-corrected chi connectivity index (χ0v) is 8.38. The molecule has 0 aliphatic carbocycles. The molecule has 0 fully saturated rings. The van der Waals surface area contributed by atoms with Crippen molar-refractivity contribution in [1.82, 2.24) is 4.57 Å². The summed E-state index contributed by atoms with van der Waals surface area (Å²) in [4.78, 5) is 11.3. The van der Waals surface area contributed by atoms with E-state index in [0.29, 0.717) is 10.9 Å². The van der Waals surface area contributed by atoms with Crippen molar-refractivity contribution in [2.75, 3.05) is 0 Å². The molecule has 84 valence electrons. The normalized spacial score (nSPS) is 11.3. The van der Waals surface area contributed by atoms with E-state index in [4.69, 9.17) is 0 Å². The van der Waals surface area contributed by atoms with E-state index in [2.05, 4.69) is 0 Å². The van der Waals surface area contributed by atoms with Gasteiger partial charge in [0.1, 0.15) is 5.82 Å². The Bertz CT molecular complexity index is 560. The van der Waals surface area contributed by atoms with Gasteiger partial charge < -0.3 is 0 Å². The highest BCUT2D eigenvalue weighted by Crippen LogP contribution is 2.27. The van der Waals surface area contributed by atoms with E-state index >= 15 is 0 Å². The molecular formula is C11H8F3NO. The van der Waals surface area contributed by atoms with Crippen LogP contribution in [0.15, 0.2) is 24.3 Å². The predicted molar refractivity (Wildman–Crippen MR) is 53.2 cm³/mol. The maximum Gasteiger partial charge on any atom is 0.278 e. The molecule has 1 heterocycles. The number of benzene rings is 1. The molecule has 0 bridgehead atoms. The maximum absolute atomic E-state index is 12.9. The number of fused-ring (bicyclic) bond motifs is 1. The van der Waals surface area contributed by atoms with E-state index in [1.807, 2.05) is 0 Å². The predicted octanol–water partition coefficient (Wildman–Crippen LogP) is 3.38. The summed E-state index contributed by atoms with van der Waals surface area (Å²) in [7, 11) is 0. The minimum Gasteiger partial charge on any atom is -0.279 e. The lowest BCUT2D eigenvalue weighted by molar-refractivity contribution is 0.0903. The van der Waals surface area contributed by atoms with Gasteiger partial charge in [-0.05, 0) is 24.3 Å². The largest absolute Gasteiger partial charge is 0.279 e. The van der Waals surface area contributed by atoms with Gasteiger partial charge in [-0.1, -0.05) is 0 Å². The lowest BCUT2D eigenvalue weighted by atomic mass is 10.2. The third kappa shape index (κ3) is 1.58. The molecule has 2 nitrogen and oxygen atoms in total. The van der Waals surface area contributed by atoms with Crippen molar-refractivity contribution in [3.05, 3.63) is 35.8 Å². The SMILES string of the molecule is CC(=O)n1c(C(F)F)cc2cc(F)ccc21. The Morgan fingerprint density at radius 2 is 2.00 bits per heavy atom. The van der Waals surface area contributed by atoms with Crippen LogP contribution in [0, 0.1) is 5.82 Å². The number of carbonyl (C=O) groups excluding carboxylic acids is 1. The number of nitrogens with zero attached hydrogens (tertiary/aromatic N) is 1. The fourth-order valence-electron chi connectivity index (χ4n) is 1.72. The zero-order chi connectivity index (χ0) is 11.9. The van der Waals surface area contributed by atoms with Crippen molar-refractivity contribution in [2.45, 2.75) is 13.3 Å². The molecule has 0 saturated heterocycles. The average Bonchev–Trinajstić information content (AvgIpc) is 2.55. The topological polar surface area (TPSA) is 22.0 Å². The first kappa shape index (κ1) is 10.7. The number of aromatic nitrogens is 1. The second kappa shape index (κ2) is 3.66. The Morgan fingerprint density at radius 3 is 2.56 bits per heavy atom. The van der Waals surface area contributed by atoms with Gasteiger partial charge in [0.05, 0.1) is 11.2 Å². The van der Waals surface area contributed by atoms with Crippen LogP contribution in [0.1, 0.15) is 23.8 Å². The minimum atomic E-state index is -2.76. The van der Waals surface area contributed by atoms with E-state index in [-0.39, 0.29) is 0 Å². The van der Waals surface area contributed by atoms with E-state index in [1.165, 1.54) is 13.0 Å². The summed E-state index contributed by atoms with van der Waals surface area (Å²) in [5.74, 6) is -1.04. The van der Waals surface area contributed by atoms with E-state index in [1.54, 1.807) is 0 Å². The van der Waals surface area contributed by atoms with Gasteiger partial charge in [-0.15, -0.1) is 0 Å². The molecule has 0 atom stereocenters. The molecule has 1 aromatic carbocycles. The van der Waals surface area contributed by atoms with Crippen LogP contribution in [0.4, 0.5) is 13.2 Å². The fourth-order valence-corrected chi connectivity index (χ4v) is 1.72. The Kier molecular flexibility index (Phi) is 2.46. The van der Waals surface area contributed by atoms with E-state index < -0.39 is 23.8 Å². The Hall–Kier alpha value is -1.78. The van der Waals surface area contributed by atoms with Crippen LogP contribution in [0.5, 0.6) is 0 Å². The van der Waals surface area contributed by atoms with Crippen LogP contribution in [0.3, 0.4) is 0 Å². The molecule has 5 heteroatoms. The first-order valence-electron chi connectivity index (χ1n) is 4.60. The van der Waals surface area contributed by atoms with Gasteiger partial charge in [0.15, 0.2) is 0 Å². The molecule has 0 aliphatic rings. The van der Waals surface area contributed by atoms with Crippen LogP contribution >= 0.6 is 0 Å². The first-order valence-corrected chi connectivity index (χ1v) is 4.60. The van der Waals surface area contributed by atoms with Crippen molar-refractivity contribution in [2.24, 2.45) is 0 Å². The minimum absolute atomic E-state index is 0.296. The number of hydrogen-bond donors (Lipinski definition) is 0. The average molecular weight is 227 g/mol. The van der Waals surface area contributed by atoms with Gasteiger partial charge in [0.2, 0.25) is 5.91 Å². The molecule has 0 aliphatic heterocycles. The lowest BCUT2D eigenvalue weighted by Gasteiger charge is -2.04. The number of alkyl halides is 2. The third-order valence-electron chi connectivity index (χ3n) is 2.33. The smallest absolute Gasteiger partial charge is 0.278 e. The van der Waals surface area contributed by atoms with Crippen LogP contribution in [0.25, 0.3) is 10.9 Å². The molecule has 2 aromatic rings. The van der Waals surface area contributed by atoms with Crippen molar-refractivity contribution >= 4 is 16.8 Å². The Morgan fingerprint density at radius 1 is 1.31 bits per heavy atom. The molecule has 0 amide bonds. The van der Waals surface area contributed by atoms with Crippen LogP contribution < -0.4 is 0 Å². The van der Waals surface area contributed by atoms with Crippen LogP contribution in [0.2, 0.25) is 0 Å². The van der Waals surface area contributed by atoms with Crippen LogP contribution in [-0.2, 0) is 0 Å². The molecule has 16 heavy (non-hydrogen) atoms. The number of rotatable bonds is 1. The summed E-state index contributed by atoms with van der Waals surface area (Å²) >= 11 is 0. The quantitative estimate of drug-likeness (QED) is 0.732. The fraction of sp³-hybridized carbons (Fsp3) is 0.182. The number of carbonyl (C=O) groups is 1. The van der Waals surface area contributed by atoms with Gasteiger partial charge in [0.25, 0.3) is 6.43 Å². The van der Waals surface area contributed by atoms with Gasteiger partial charge in [-0.2, -0.15) is 0 Å². The van der Waals surface area contributed by atoms with Gasteiger partial charge in [-0.3, -0.25) is 9.36 Å². The molecule has 0 unspecified atom stereocenters. The van der Waals surface area contributed by atoms with Gasteiger partial charge in [0, 0.05) is 12.3 Å². The summed E-state index contributed by atoms with van der Waals surface area (Å²) in [6.45, 7) is 1.19. The molecular weight excluding hydrogens is 219 g/mol.